The number of thioether (sulfide) groups is 1. The normalized spacial score (nSPS) is 19.3. The standard InChI is InChI=1S/C16H21N3O3S/c1-18(13-7-8-23-11-13)9-14(20)10-19-15(17-22-16(19)21)12-5-3-2-4-6-12/h2-6,13-14,20H,7-11H2,1H3. The Bertz CT molecular complexity index is 679. The van der Waals surface area contributed by atoms with E-state index in [-0.39, 0.29) is 6.54 Å². The van der Waals surface area contributed by atoms with E-state index in [2.05, 4.69) is 10.1 Å². The highest BCUT2D eigenvalue weighted by Crippen LogP contribution is 2.21. The van der Waals surface area contributed by atoms with Crippen molar-refractivity contribution in [2.45, 2.75) is 25.1 Å². The summed E-state index contributed by atoms with van der Waals surface area (Å²) in [6.45, 7) is 0.702. The van der Waals surface area contributed by atoms with Gasteiger partial charge in [-0.1, -0.05) is 35.5 Å². The molecule has 124 valence electrons. The van der Waals surface area contributed by atoms with Gasteiger partial charge in [0.1, 0.15) is 0 Å². The molecule has 0 bridgehead atoms. The van der Waals surface area contributed by atoms with Crippen molar-refractivity contribution >= 4 is 11.8 Å². The molecule has 0 amide bonds. The highest BCUT2D eigenvalue weighted by molar-refractivity contribution is 7.99. The molecular weight excluding hydrogens is 314 g/mol. The number of rotatable bonds is 6. The summed E-state index contributed by atoms with van der Waals surface area (Å²) in [7, 11) is 2.02. The minimum absolute atomic E-state index is 0.177. The van der Waals surface area contributed by atoms with Gasteiger partial charge in [-0.3, -0.25) is 14.0 Å². The van der Waals surface area contributed by atoms with E-state index in [0.717, 1.165) is 17.7 Å². The van der Waals surface area contributed by atoms with Crippen LogP contribution in [0.25, 0.3) is 11.4 Å². The van der Waals surface area contributed by atoms with E-state index in [4.69, 9.17) is 4.52 Å². The molecular formula is C16H21N3O3S. The molecule has 7 heteroatoms. The molecule has 1 N–H and O–H groups in total. The summed E-state index contributed by atoms with van der Waals surface area (Å²) >= 11 is 1.94. The molecule has 0 saturated carbocycles. The molecule has 2 atom stereocenters. The Morgan fingerprint density at radius 3 is 2.96 bits per heavy atom. The first kappa shape index (κ1) is 16.3. The van der Waals surface area contributed by atoms with Crippen molar-refractivity contribution < 1.29 is 9.63 Å². The summed E-state index contributed by atoms with van der Waals surface area (Å²) in [6.07, 6.45) is 0.501. The van der Waals surface area contributed by atoms with Crippen LogP contribution in [0.15, 0.2) is 39.6 Å². The van der Waals surface area contributed by atoms with Gasteiger partial charge in [-0.25, -0.2) is 4.79 Å². The summed E-state index contributed by atoms with van der Waals surface area (Å²) in [5, 5.41) is 14.2. The van der Waals surface area contributed by atoms with Crippen LogP contribution in [0.1, 0.15) is 6.42 Å². The van der Waals surface area contributed by atoms with Gasteiger partial charge in [-0.15, -0.1) is 0 Å². The second kappa shape index (κ2) is 7.33. The average molecular weight is 335 g/mol. The highest BCUT2D eigenvalue weighted by Gasteiger charge is 2.23. The number of nitrogens with zero attached hydrogens (tertiary/aromatic N) is 3. The summed E-state index contributed by atoms with van der Waals surface area (Å²) in [5.74, 6) is 2.19. The van der Waals surface area contributed by atoms with Crippen molar-refractivity contribution in [3.8, 4) is 11.4 Å². The van der Waals surface area contributed by atoms with Gasteiger partial charge < -0.3 is 5.11 Å². The zero-order valence-corrected chi connectivity index (χ0v) is 13.9. The molecule has 3 rings (SSSR count). The minimum atomic E-state index is -0.648. The number of aromatic nitrogens is 2. The third-order valence-corrected chi connectivity index (χ3v) is 5.28. The Hall–Kier alpha value is -1.57. The predicted molar refractivity (Wildman–Crippen MR) is 90.6 cm³/mol. The molecule has 0 spiro atoms. The van der Waals surface area contributed by atoms with Crippen LogP contribution < -0.4 is 5.76 Å². The van der Waals surface area contributed by atoms with E-state index >= 15 is 0 Å². The number of hydrogen-bond donors (Lipinski definition) is 1. The largest absolute Gasteiger partial charge is 0.441 e. The van der Waals surface area contributed by atoms with Gasteiger partial charge in [0.05, 0.1) is 12.6 Å². The first-order chi connectivity index (χ1) is 11.1. The smallest absolute Gasteiger partial charge is 0.390 e. The van der Waals surface area contributed by atoms with Gasteiger partial charge in [0.2, 0.25) is 0 Å². The van der Waals surface area contributed by atoms with Crippen LogP contribution >= 0.6 is 11.8 Å². The van der Waals surface area contributed by atoms with Gasteiger partial charge in [-0.05, 0) is 19.2 Å². The molecule has 2 heterocycles. The number of aliphatic hydroxyl groups is 1. The molecule has 6 nitrogen and oxygen atoms in total. The summed E-state index contributed by atoms with van der Waals surface area (Å²) < 4.78 is 6.19. The van der Waals surface area contributed by atoms with Crippen molar-refractivity contribution in [2.24, 2.45) is 0 Å². The van der Waals surface area contributed by atoms with E-state index in [1.165, 1.54) is 10.3 Å². The topological polar surface area (TPSA) is 71.5 Å². The third-order valence-electron chi connectivity index (χ3n) is 4.14. The van der Waals surface area contributed by atoms with E-state index in [0.29, 0.717) is 18.4 Å². The van der Waals surface area contributed by atoms with Gasteiger partial charge in [0.15, 0.2) is 5.82 Å². The van der Waals surface area contributed by atoms with Crippen LogP contribution in [0.4, 0.5) is 0 Å². The fourth-order valence-electron chi connectivity index (χ4n) is 2.84. The van der Waals surface area contributed by atoms with E-state index < -0.39 is 11.9 Å². The van der Waals surface area contributed by atoms with Gasteiger partial charge in [0.25, 0.3) is 0 Å². The molecule has 0 aliphatic carbocycles. The summed E-state index contributed by atoms with van der Waals surface area (Å²) in [4.78, 5) is 14.1. The van der Waals surface area contributed by atoms with E-state index in [1.807, 2.05) is 49.1 Å². The number of likely N-dealkylation sites (N-methyl/N-ethyl adjacent to an activating group) is 1. The Morgan fingerprint density at radius 1 is 1.48 bits per heavy atom. The van der Waals surface area contributed by atoms with Crippen LogP contribution in [0, 0.1) is 0 Å². The molecule has 1 aliphatic rings. The van der Waals surface area contributed by atoms with Crippen molar-refractivity contribution in [3.63, 3.8) is 0 Å². The Labute approximate surface area is 139 Å². The van der Waals surface area contributed by atoms with Crippen LogP contribution in [-0.2, 0) is 6.54 Å². The van der Waals surface area contributed by atoms with E-state index in [1.54, 1.807) is 0 Å². The highest BCUT2D eigenvalue weighted by atomic mass is 32.2. The number of hydrogen-bond acceptors (Lipinski definition) is 6. The van der Waals surface area contributed by atoms with Crippen LogP contribution in [0.3, 0.4) is 0 Å². The quantitative estimate of drug-likeness (QED) is 0.858. The molecule has 1 aromatic carbocycles. The second-order valence-electron chi connectivity index (χ2n) is 5.86. The van der Waals surface area contributed by atoms with Crippen molar-refractivity contribution in [2.75, 3.05) is 25.1 Å². The fraction of sp³-hybridized carbons (Fsp3) is 0.500. The maximum Gasteiger partial charge on any atom is 0.441 e. The first-order valence-electron chi connectivity index (χ1n) is 7.73. The van der Waals surface area contributed by atoms with Gasteiger partial charge in [-0.2, -0.15) is 11.8 Å². The van der Waals surface area contributed by atoms with Gasteiger partial charge >= 0.3 is 5.76 Å². The Balaban J connectivity index is 1.70. The average Bonchev–Trinajstić information content (AvgIpc) is 3.19. The number of aliphatic hydroxyl groups excluding tert-OH is 1. The van der Waals surface area contributed by atoms with Gasteiger partial charge in [0, 0.05) is 23.9 Å². The van der Waals surface area contributed by atoms with Crippen LogP contribution in [-0.4, -0.2) is 57.0 Å². The maximum absolute atomic E-state index is 11.9. The summed E-state index contributed by atoms with van der Waals surface area (Å²) in [6, 6.07) is 9.88. The monoisotopic (exact) mass is 335 g/mol. The third kappa shape index (κ3) is 3.85. The molecule has 0 radical (unpaired) electrons. The Kier molecular flexibility index (Phi) is 5.20. The molecule has 2 unspecified atom stereocenters. The lowest BCUT2D eigenvalue weighted by molar-refractivity contribution is 0.0939. The van der Waals surface area contributed by atoms with Crippen molar-refractivity contribution in [3.05, 3.63) is 40.9 Å². The zero-order chi connectivity index (χ0) is 16.2. The Morgan fingerprint density at radius 2 is 2.26 bits per heavy atom. The maximum atomic E-state index is 11.9. The van der Waals surface area contributed by atoms with Crippen molar-refractivity contribution in [1.82, 2.24) is 14.6 Å². The lowest BCUT2D eigenvalue weighted by Crippen LogP contribution is -2.40. The second-order valence-corrected chi connectivity index (χ2v) is 7.01. The fourth-order valence-corrected chi connectivity index (χ4v) is 4.14. The molecule has 1 fully saturated rings. The molecule has 2 aromatic rings. The van der Waals surface area contributed by atoms with Crippen LogP contribution in [0.5, 0.6) is 0 Å². The zero-order valence-electron chi connectivity index (χ0n) is 13.1. The summed E-state index contributed by atoms with van der Waals surface area (Å²) in [5.41, 5.74) is 0.797. The molecule has 1 aliphatic heterocycles. The molecule has 1 aromatic heterocycles. The van der Waals surface area contributed by atoms with Crippen molar-refractivity contribution in [1.29, 1.82) is 0 Å². The lowest BCUT2D eigenvalue weighted by Gasteiger charge is -2.26. The number of benzene rings is 1. The molecule has 23 heavy (non-hydrogen) atoms. The molecule has 1 saturated heterocycles. The minimum Gasteiger partial charge on any atom is -0.390 e. The predicted octanol–water partition coefficient (Wildman–Crippen LogP) is 1.30. The first-order valence-corrected chi connectivity index (χ1v) is 8.88. The van der Waals surface area contributed by atoms with Crippen LogP contribution in [0.2, 0.25) is 0 Å². The lowest BCUT2D eigenvalue weighted by atomic mass is 10.2. The van der Waals surface area contributed by atoms with E-state index in [9.17, 15) is 9.90 Å². The SMILES string of the molecule is CN(CC(O)Cn1c(-c2ccccc2)noc1=O)C1CCSC1.